The fraction of sp³-hybridized carbons (Fsp3) is 0.417. The zero-order chi connectivity index (χ0) is 16.2. The first-order chi connectivity index (χ1) is 9.66. The summed E-state index contributed by atoms with van der Waals surface area (Å²) in [5.41, 5.74) is -0.195. The summed E-state index contributed by atoms with van der Waals surface area (Å²) in [6.07, 6.45) is 0. The number of carbonyl (C=O) groups excluding carboxylic acids is 1. The molecule has 0 bridgehead atoms. The zero-order valence-corrected chi connectivity index (χ0v) is 13.8. The molecule has 0 saturated carbocycles. The normalized spacial score (nSPS) is 12.7. The first-order valence-electron chi connectivity index (χ1n) is 5.87. The van der Waals surface area contributed by atoms with Crippen LogP contribution in [0.4, 0.5) is 5.69 Å². The minimum absolute atomic E-state index is 0.0836. The molecule has 0 aromatic heterocycles. The highest BCUT2D eigenvalue weighted by molar-refractivity contribution is 9.10. The lowest BCUT2D eigenvalue weighted by atomic mass is 10.2. The number of nitrogens with zero attached hydrogens (tertiary/aromatic N) is 1. The molecule has 0 fully saturated rings. The maximum Gasteiger partial charge on any atom is 0.309 e. The van der Waals surface area contributed by atoms with E-state index in [2.05, 4.69) is 20.7 Å². The molecule has 1 aromatic rings. The van der Waals surface area contributed by atoms with E-state index in [0.29, 0.717) is 4.47 Å². The van der Waals surface area contributed by atoms with Crippen molar-refractivity contribution < 1.29 is 22.9 Å². The summed E-state index contributed by atoms with van der Waals surface area (Å²) >= 11 is 3.10. The van der Waals surface area contributed by atoms with Crippen molar-refractivity contribution in [2.24, 2.45) is 5.92 Å². The predicted octanol–water partition coefficient (Wildman–Crippen LogP) is 2.08. The number of esters is 1. The maximum absolute atomic E-state index is 12.0. The Bertz CT molecular complexity index is 658. The average molecular weight is 380 g/mol. The SMILES string of the molecule is COC(=O)C(C)CS(=O)(=O)Cc1ccc(Br)cc1[N+](=O)[O-]. The van der Waals surface area contributed by atoms with Gasteiger partial charge in [-0.2, -0.15) is 0 Å². The Balaban J connectivity index is 3.00. The van der Waals surface area contributed by atoms with Gasteiger partial charge in [-0.1, -0.05) is 28.9 Å². The van der Waals surface area contributed by atoms with Crippen LogP contribution in [-0.4, -0.2) is 32.2 Å². The first kappa shape index (κ1) is 17.6. The number of nitro groups is 1. The van der Waals surface area contributed by atoms with Gasteiger partial charge in [0.1, 0.15) is 0 Å². The summed E-state index contributed by atoms with van der Waals surface area (Å²) in [6.45, 7) is 1.43. The minimum Gasteiger partial charge on any atom is -0.469 e. The molecule has 1 rings (SSSR count). The number of methoxy groups -OCH3 is 1. The summed E-state index contributed by atoms with van der Waals surface area (Å²) in [4.78, 5) is 21.6. The fourth-order valence-electron chi connectivity index (χ4n) is 1.77. The molecule has 0 spiro atoms. The van der Waals surface area contributed by atoms with Gasteiger partial charge in [0.25, 0.3) is 5.69 Å². The second kappa shape index (κ2) is 6.99. The van der Waals surface area contributed by atoms with E-state index in [1.807, 2.05) is 0 Å². The summed E-state index contributed by atoms with van der Waals surface area (Å²) in [5, 5.41) is 11.0. The zero-order valence-electron chi connectivity index (χ0n) is 11.4. The van der Waals surface area contributed by atoms with E-state index in [0.717, 1.165) is 0 Å². The van der Waals surface area contributed by atoms with Crippen molar-refractivity contribution in [3.05, 3.63) is 38.3 Å². The van der Waals surface area contributed by atoms with Gasteiger partial charge >= 0.3 is 5.97 Å². The molecule has 7 nitrogen and oxygen atoms in total. The number of sulfone groups is 1. The second-order valence-electron chi connectivity index (χ2n) is 4.51. The molecule has 0 aliphatic carbocycles. The standard InChI is InChI=1S/C12H14BrNO6S/c1-8(12(15)20-2)6-21(18,19)7-9-3-4-10(13)5-11(9)14(16)17/h3-5,8H,6-7H2,1-2H3. The molecule has 21 heavy (non-hydrogen) atoms. The van der Waals surface area contributed by atoms with E-state index in [-0.39, 0.29) is 11.3 Å². The van der Waals surface area contributed by atoms with Crippen LogP contribution in [0.1, 0.15) is 12.5 Å². The summed E-state index contributed by atoms with van der Waals surface area (Å²) < 4.78 is 29.0. The van der Waals surface area contributed by atoms with Crippen LogP contribution >= 0.6 is 15.9 Å². The lowest BCUT2D eigenvalue weighted by molar-refractivity contribution is -0.385. The van der Waals surface area contributed by atoms with Crippen molar-refractivity contribution in [2.45, 2.75) is 12.7 Å². The van der Waals surface area contributed by atoms with Gasteiger partial charge in [-0.3, -0.25) is 14.9 Å². The van der Waals surface area contributed by atoms with Gasteiger partial charge in [-0.15, -0.1) is 0 Å². The molecule has 1 aromatic carbocycles. The van der Waals surface area contributed by atoms with E-state index in [4.69, 9.17) is 0 Å². The molecule has 0 aliphatic heterocycles. The first-order valence-corrected chi connectivity index (χ1v) is 8.49. The van der Waals surface area contributed by atoms with Gasteiger partial charge in [0.05, 0.1) is 29.5 Å². The highest BCUT2D eigenvalue weighted by Crippen LogP contribution is 2.25. The van der Waals surface area contributed by atoms with E-state index >= 15 is 0 Å². The number of nitro benzene ring substituents is 1. The monoisotopic (exact) mass is 379 g/mol. The Morgan fingerprint density at radius 2 is 2.10 bits per heavy atom. The van der Waals surface area contributed by atoms with Crippen LogP contribution < -0.4 is 0 Å². The van der Waals surface area contributed by atoms with Gasteiger partial charge in [-0.25, -0.2) is 8.42 Å². The third kappa shape index (κ3) is 5.09. The molecule has 0 heterocycles. The van der Waals surface area contributed by atoms with Gasteiger partial charge in [0.15, 0.2) is 9.84 Å². The molecular weight excluding hydrogens is 366 g/mol. The Hall–Kier alpha value is -1.48. The van der Waals surface area contributed by atoms with Crippen LogP contribution in [0.15, 0.2) is 22.7 Å². The lowest BCUT2D eigenvalue weighted by Crippen LogP contribution is -2.23. The second-order valence-corrected chi connectivity index (χ2v) is 7.53. The van der Waals surface area contributed by atoms with Crippen molar-refractivity contribution in [2.75, 3.05) is 12.9 Å². The number of hydrogen-bond acceptors (Lipinski definition) is 6. The lowest BCUT2D eigenvalue weighted by Gasteiger charge is -2.10. The number of halogens is 1. The van der Waals surface area contributed by atoms with Crippen LogP contribution in [0.2, 0.25) is 0 Å². The topological polar surface area (TPSA) is 104 Å². The summed E-state index contributed by atoms with van der Waals surface area (Å²) in [5.74, 6) is -2.39. The number of carbonyl (C=O) groups is 1. The van der Waals surface area contributed by atoms with Crippen LogP contribution in [0, 0.1) is 16.0 Å². The van der Waals surface area contributed by atoms with Crippen LogP contribution in [-0.2, 0) is 25.1 Å². The number of ether oxygens (including phenoxy) is 1. The number of benzene rings is 1. The third-order valence-electron chi connectivity index (χ3n) is 2.73. The summed E-state index contributed by atoms with van der Waals surface area (Å²) in [6, 6.07) is 4.15. The van der Waals surface area contributed by atoms with E-state index in [1.165, 1.54) is 32.2 Å². The van der Waals surface area contributed by atoms with Crippen LogP contribution in [0.3, 0.4) is 0 Å². The predicted molar refractivity (Wildman–Crippen MR) is 79.5 cm³/mol. The van der Waals surface area contributed by atoms with Gasteiger partial charge in [-0.05, 0) is 6.07 Å². The molecule has 0 saturated heterocycles. The quantitative estimate of drug-likeness (QED) is 0.425. The van der Waals surface area contributed by atoms with Crippen LogP contribution in [0.5, 0.6) is 0 Å². The molecule has 0 aliphatic rings. The highest BCUT2D eigenvalue weighted by Gasteiger charge is 2.25. The van der Waals surface area contributed by atoms with Crippen LogP contribution in [0.25, 0.3) is 0 Å². The molecule has 0 radical (unpaired) electrons. The van der Waals surface area contributed by atoms with Gasteiger partial charge < -0.3 is 4.74 Å². The Labute approximate surface area is 130 Å². The van der Waals surface area contributed by atoms with E-state index in [1.54, 1.807) is 0 Å². The van der Waals surface area contributed by atoms with Crippen molar-refractivity contribution in [3.8, 4) is 0 Å². The fourth-order valence-corrected chi connectivity index (χ4v) is 3.86. The van der Waals surface area contributed by atoms with E-state index in [9.17, 15) is 23.3 Å². The van der Waals surface area contributed by atoms with Gasteiger partial charge in [0.2, 0.25) is 0 Å². The highest BCUT2D eigenvalue weighted by atomic mass is 79.9. The number of hydrogen-bond donors (Lipinski definition) is 0. The molecule has 1 atom stereocenters. The largest absolute Gasteiger partial charge is 0.469 e. The average Bonchev–Trinajstić information content (AvgIpc) is 2.38. The summed E-state index contributed by atoms with van der Waals surface area (Å²) in [7, 11) is -2.51. The molecular formula is C12H14BrNO6S. The Morgan fingerprint density at radius 3 is 2.62 bits per heavy atom. The maximum atomic E-state index is 12.0. The van der Waals surface area contributed by atoms with Crippen molar-refractivity contribution >= 4 is 37.4 Å². The molecule has 9 heteroatoms. The van der Waals surface area contributed by atoms with Gasteiger partial charge in [0, 0.05) is 16.1 Å². The Morgan fingerprint density at radius 1 is 1.48 bits per heavy atom. The number of rotatable bonds is 6. The van der Waals surface area contributed by atoms with Crippen molar-refractivity contribution in [1.82, 2.24) is 0 Å². The molecule has 0 N–H and O–H groups in total. The minimum atomic E-state index is -3.68. The smallest absolute Gasteiger partial charge is 0.309 e. The van der Waals surface area contributed by atoms with E-state index < -0.39 is 38.2 Å². The Kier molecular flexibility index (Phi) is 5.85. The van der Waals surface area contributed by atoms with Crippen molar-refractivity contribution in [1.29, 1.82) is 0 Å². The molecule has 1 unspecified atom stereocenters. The molecule has 116 valence electrons. The molecule has 0 amide bonds. The van der Waals surface area contributed by atoms with Crippen molar-refractivity contribution in [3.63, 3.8) is 0 Å². The third-order valence-corrected chi connectivity index (χ3v) is 4.98.